The van der Waals surface area contributed by atoms with E-state index in [2.05, 4.69) is 10.3 Å². The van der Waals surface area contributed by atoms with Crippen LogP contribution in [0.5, 0.6) is 11.5 Å². The van der Waals surface area contributed by atoms with Gasteiger partial charge in [0.2, 0.25) is 11.8 Å². The average molecular weight is 549 g/mol. The maximum atomic E-state index is 12.6. The van der Waals surface area contributed by atoms with Crippen LogP contribution in [0, 0.1) is 0 Å². The zero-order chi connectivity index (χ0) is 26.2. The molecule has 10 nitrogen and oxygen atoms in total. The first-order valence-corrected chi connectivity index (χ1v) is 13.5. The maximum absolute atomic E-state index is 12.6. The van der Waals surface area contributed by atoms with E-state index in [0.717, 1.165) is 5.75 Å². The van der Waals surface area contributed by atoms with Crippen molar-refractivity contribution in [2.24, 2.45) is 0 Å². The van der Waals surface area contributed by atoms with Crippen LogP contribution in [0.3, 0.4) is 0 Å². The molecule has 0 aliphatic carbocycles. The van der Waals surface area contributed by atoms with Crippen LogP contribution >= 0.6 is 23.4 Å². The first-order valence-electron chi connectivity index (χ1n) is 11.9. The molecule has 2 fully saturated rings. The van der Waals surface area contributed by atoms with Gasteiger partial charge in [-0.1, -0.05) is 11.6 Å². The summed E-state index contributed by atoms with van der Waals surface area (Å²) in [5.74, 6) is 1.94. The van der Waals surface area contributed by atoms with Crippen molar-refractivity contribution in [1.82, 2.24) is 14.8 Å². The van der Waals surface area contributed by atoms with Crippen molar-refractivity contribution in [3.8, 4) is 11.5 Å². The molecule has 0 spiro atoms. The van der Waals surface area contributed by atoms with Crippen molar-refractivity contribution in [3.63, 3.8) is 0 Å². The van der Waals surface area contributed by atoms with E-state index in [-0.39, 0.29) is 48.2 Å². The monoisotopic (exact) mass is 548 g/mol. The van der Waals surface area contributed by atoms with E-state index in [4.69, 9.17) is 25.8 Å². The Kier molecular flexibility index (Phi) is 9.34. The number of nitrogens with zero attached hydrogens (tertiary/aromatic N) is 3. The first-order chi connectivity index (χ1) is 17.9. The van der Waals surface area contributed by atoms with Gasteiger partial charge < -0.3 is 29.3 Å². The molecule has 12 heteroatoms. The fraction of sp³-hybridized carbons (Fsp3) is 0.440. The Morgan fingerprint density at radius 2 is 1.86 bits per heavy atom. The summed E-state index contributed by atoms with van der Waals surface area (Å²) in [4.78, 5) is 44.7. The number of pyridine rings is 1. The molecule has 37 heavy (non-hydrogen) atoms. The summed E-state index contributed by atoms with van der Waals surface area (Å²) in [5.41, 5.74) is 0. The van der Waals surface area contributed by atoms with Crippen molar-refractivity contribution < 1.29 is 28.6 Å². The van der Waals surface area contributed by atoms with Crippen LogP contribution < -0.4 is 14.8 Å². The number of benzene rings is 1. The van der Waals surface area contributed by atoms with Crippen LogP contribution in [0.15, 0.2) is 42.6 Å². The molecule has 0 saturated carbocycles. The summed E-state index contributed by atoms with van der Waals surface area (Å²) in [6.45, 7) is 1.84. The largest absolute Gasteiger partial charge is 0.497 e. The molecule has 3 amide bonds. The predicted molar refractivity (Wildman–Crippen MR) is 140 cm³/mol. The first kappa shape index (κ1) is 26.9. The second-order valence-electron chi connectivity index (χ2n) is 8.66. The fourth-order valence-electron chi connectivity index (χ4n) is 4.17. The second-order valence-corrected chi connectivity index (χ2v) is 10.1. The number of hydrogen-bond donors (Lipinski definition) is 1. The molecule has 2 aromatic rings. The number of amides is 3. The number of carbonyl (C=O) groups is 3. The van der Waals surface area contributed by atoms with E-state index in [0.29, 0.717) is 49.1 Å². The Bertz CT molecular complexity index is 1080. The van der Waals surface area contributed by atoms with E-state index in [9.17, 15) is 14.4 Å². The standard InChI is InChI=1S/C25H29ClN4O6S/c1-34-19-3-5-20(6-4-19)35-14-21-13-30(25(33)36-21)18-8-10-29(11-9-18)24(32)16-37-15-23(31)28-22-7-2-17(26)12-27-22/h2-7,12,18,21H,8-11,13-16H2,1H3,(H,27,28,31). The SMILES string of the molecule is COc1ccc(OCC2CN(C3CCN(C(=O)CSCC(=O)Nc4ccc(Cl)cn4)CC3)C(=O)O2)cc1. The summed E-state index contributed by atoms with van der Waals surface area (Å²) in [7, 11) is 1.60. The Morgan fingerprint density at radius 3 is 2.54 bits per heavy atom. The van der Waals surface area contributed by atoms with Crippen LogP contribution in [0.2, 0.25) is 5.02 Å². The number of likely N-dealkylation sites (tertiary alicyclic amines) is 1. The summed E-state index contributed by atoms with van der Waals surface area (Å²) in [6.07, 6.45) is 2.13. The summed E-state index contributed by atoms with van der Waals surface area (Å²) >= 11 is 7.04. The minimum absolute atomic E-state index is 0.0179. The molecule has 0 bridgehead atoms. The lowest BCUT2D eigenvalue weighted by atomic mass is 10.0. The molecule has 1 unspecified atom stereocenters. The fourth-order valence-corrected chi connectivity index (χ4v) is 4.99. The number of nitrogens with one attached hydrogen (secondary N) is 1. The number of piperidine rings is 1. The van der Waals surface area contributed by atoms with E-state index >= 15 is 0 Å². The maximum Gasteiger partial charge on any atom is 0.410 e. The molecule has 198 valence electrons. The molecule has 1 aromatic carbocycles. The number of anilines is 1. The molecule has 2 aliphatic rings. The average Bonchev–Trinajstić information content (AvgIpc) is 3.29. The summed E-state index contributed by atoms with van der Waals surface area (Å²) in [5, 5.41) is 3.16. The third kappa shape index (κ3) is 7.65. The zero-order valence-electron chi connectivity index (χ0n) is 20.4. The highest BCUT2D eigenvalue weighted by Gasteiger charge is 2.38. The smallest absolute Gasteiger partial charge is 0.410 e. The lowest BCUT2D eigenvalue weighted by Crippen LogP contribution is -2.47. The lowest BCUT2D eigenvalue weighted by Gasteiger charge is -2.35. The van der Waals surface area contributed by atoms with Crippen LogP contribution in [0.1, 0.15) is 12.8 Å². The molecule has 3 heterocycles. The van der Waals surface area contributed by atoms with Crippen molar-refractivity contribution in [1.29, 1.82) is 0 Å². The number of thioether (sulfide) groups is 1. The van der Waals surface area contributed by atoms with Crippen LogP contribution in [-0.4, -0.2) is 89.7 Å². The molecular formula is C25H29ClN4O6S. The minimum atomic E-state index is -0.347. The Balaban J connectivity index is 1.14. The van der Waals surface area contributed by atoms with E-state index in [1.807, 2.05) is 24.3 Å². The number of methoxy groups -OCH3 is 1. The lowest BCUT2D eigenvalue weighted by molar-refractivity contribution is -0.129. The van der Waals surface area contributed by atoms with Gasteiger partial charge in [-0.05, 0) is 49.2 Å². The van der Waals surface area contributed by atoms with Gasteiger partial charge in [0, 0.05) is 25.3 Å². The van der Waals surface area contributed by atoms with Gasteiger partial charge in [0.15, 0.2) is 6.10 Å². The normalized spacial score (nSPS) is 17.9. The van der Waals surface area contributed by atoms with Gasteiger partial charge in [-0.25, -0.2) is 9.78 Å². The van der Waals surface area contributed by atoms with Crippen molar-refractivity contribution >= 4 is 47.1 Å². The van der Waals surface area contributed by atoms with Gasteiger partial charge in [-0.15, -0.1) is 11.8 Å². The van der Waals surface area contributed by atoms with Gasteiger partial charge >= 0.3 is 6.09 Å². The Labute approximate surface area is 224 Å². The number of aromatic nitrogens is 1. The van der Waals surface area contributed by atoms with Gasteiger partial charge in [0.1, 0.15) is 23.9 Å². The third-order valence-corrected chi connectivity index (χ3v) is 7.25. The summed E-state index contributed by atoms with van der Waals surface area (Å²) < 4.78 is 16.4. The molecular weight excluding hydrogens is 520 g/mol. The van der Waals surface area contributed by atoms with E-state index in [1.165, 1.54) is 18.0 Å². The summed E-state index contributed by atoms with van der Waals surface area (Å²) in [6, 6.07) is 10.5. The minimum Gasteiger partial charge on any atom is -0.497 e. The number of halogens is 1. The quantitative estimate of drug-likeness (QED) is 0.481. The van der Waals surface area contributed by atoms with Crippen molar-refractivity contribution in [2.75, 3.05) is 50.2 Å². The molecule has 1 N–H and O–H groups in total. The number of hydrogen-bond acceptors (Lipinski definition) is 8. The Morgan fingerprint density at radius 1 is 1.14 bits per heavy atom. The molecule has 2 saturated heterocycles. The number of carbonyl (C=O) groups excluding carboxylic acids is 3. The van der Waals surface area contributed by atoms with Crippen molar-refractivity contribution in [2.45, 2.75) is 25.0 Å². The molecule has 1 atom stereocenters. The zero-order valence-corrected chi connectivity index (χ0v) is 22.0. The highest BCUT2D eigenvalue weighted by Crippen LogP contribution is 2.24. The molecule has 0 radical (unpaired) electrons. The number of rotatable bonds is 10. The number of cyclic esters (lactones) is 1. The van der Waals surface area contributed by atoms with Crippen LogP contribution in [0.4, 0.5) is 10.6 Å². The van der Waals surface area contributed by atoms with Crippen molar-refractivity contribution in [3.05, 3.63) is 47.6 Å². The van der Waals surface area contributed by atoms with Gasteiger partial charge in [0.05, 0.1) is 30.2 Å². The highest BCUT2D eigenvalue weighted by atomic mass is 35.5. The second kappa shape index (κ2) is 12.9. The van der Waals surface area contributed by atoms with Gasteiger partial charge in [0.25, 0.3) is 0 Å². The Hall–Kier alpha value is -3.18. The third-order valence-electron chi connectivity index (χ3n) is 6.11. The highest BCUT2D eigenvalue weighted by molar-refractivity contribution is 8.00. The van der Waals surface area contributed by atoms with Gasteiger partial charge in [-0.3, -0.25) is 9.59 Å². The molecule has 1 aromatic heterocycles. The van der Waals surface area contributed by atoms with Crippen LogP contribution in [-0.2, 0) is 14.3 Å². The molecule has 4 rings (SSSR count). The van der Waals surface area contributed by atoms with Gasteiger partial charge in [-0.2, -0.15) is 0 Å². The van der Waals surface area contributed by atoms with Crippen LogP contribution in [0.25, 0.3) is 0 Å². The number of ether oxygens (including phenoxy) is 3. The predicted octanol–water partition coefficient (Wildman–Crippen LogP) is 3.31. The topological polar surface area (TPSA) is 110 Å². The molecule has 2 aliphatic heterocycles. The van der Waals surface area contributed by atoms with E-state index in [1.54, 1.807) is 29.0 Å². The van der Waals surface area contributed by atoms with E-state index < -0.39 is 0 Å².